The summed E-state index contributed by atoms with van der Waals surface area (Å²) in [6, 6.07) is 5.92. The molecule has 0 saturated heterocycles. The van der Waals surface area contributed by atoms with E-state index in [9.17, 15) is 0 Å². The summed E-state index contributed by atoms with van der Waals surface area (Å²) in [6.07, 6.45) is 3.63. The topological polar surface area (TPSA) is 46.2 Å². The van der Waals surface area contributed by atoms with Crippen LogP contribution >= 0.6 is 12.2 Å². The van der Waals surface area contributed by atoms with Crippen molar-refractivity contribution in [3.05, 3.63) is 30.1 Å². The molecule has 0 aliphatic rings. The summed E-state index contributed by atoms with van der Waals surface area (Å²) < 4.78 is 4.95. The van der Waals surface area contributed by atoms with Gasteiger partial charge in [-0.05, 0) is 30.8 Å². The third-order valence-electron chi connectivity index (χ3n) is 2.20. The molecule has 0 bridgehead atoms. The van der Waals surface area contributed by atoms with E-state index in [1.165, 1.54) is 0 Å². The Hall–Kier alpha value is -1.20. The van der Waals surface area contributed by atoms with Crippen LogP contribution in [-0.4, -0.2) is 36.9 Å². The Morgan fingerprint density at radius 1 is 1.35 bits per heavy atom. The maximum Gasteiger partial charge on any atom is 0.166 e. The summed E-state index contributed by atoms with van der Waals surface area (Å²) in [5, 5.41) is 6.96. The van der Waals surface area contributed by atoms with Crippen molar-refractivity contribution < 1.29 is 4.74 Å². The van der Waals surface area contributed by atoms with E-state index in [1.807, 2.05) is 18.2 Å². The van der Waals surface area contributed by atoms with Crippen molar-refractivity contribution >= 4 is 17.3 Å². The van der Waals surface area contributed by atoms with Crippen molar-refractivity contribution in [3.63, 3.8) is 0 Å². The lowest BCUT2D eigenvalue weighted by atomic mass is 10.3. The first-order valence-electron chi connectivity index (χ1n) is 5.73. The Bertz CT molecular complexity index is 319. The van der Waals surface area contributed by atoms with Crippen LogP contribution in [-0.2, 0) is 11.2 Å². The van der Waals surface area contributed by atoms with Gasteiger partial charge in [-0.15, -0.1) is 0 Å². The van der Waals surface area contributed by atoms with E-state index in [0.717, 1.165) is 38.2 Å². The number of pyridine rings is 1. The maximum absolute atomic E-state index is 5.14. The van der Waals surface area contributed by atoms with Crippen LogP contribution < -0.4 is 10.6 Å². The number of hydrogen-bond acceptors (Lipinski definition) is 3. The van der Waals surface area contributed by atoms with Crippen LogP contribution in [0.4, 0.5) is 0 Å². The van der Waals surface area contributed by atoms with E-state index in [4.69, 9.17) is 17.0 Å². The van der Waals surface area contributed by atoms with E-state index in [-0.39, 0.29) is 0 Å². The molecule has 1 aromatic rings. The molecular weight excluding hydrogens is 234 g/mol. The first-order valence-corrected chi connectivity index (χ1v) is 6.14. The van der Waals surface area contributed by atoms with Crippen LogP contribution in [0.3, 0.4) is 0 Å². The molecule has 0 unspecified atom stereocenters. The van der Waals surface area contributed by atoms with Crippen molar-refractivity contribution in [1.29, 1.82) is 0 Å². The van der Waals surface area contributed by atoms with Gasteiger partial charge in [0.15, 0.2) is 5.11 Å². The van der Waals surface area contributed by atoms with E-state index >= 15 is 0 Å². The molecule has 5 heteroatoms. The molecule has 0 aromatic carbocycles. The highest BCUT2D eigenvalue weighted by atomic mass is 32.1. The fraction of sp³-hybridized carbons (Fsp3) is 0.500. The van der Waals surface area contributed by atoms with Crippen LogP contribution in [0.25, 0.3) is 0 Å². The highest BCUT2D eigenvalue weighted by Crippen LogP contribution is 1.92. The Kier molecular flexibility index (Phi) is 7.25. The number of ether oxygens (including phenoxy) is 1. The zero-order valence-electron chi connectivity index (χ0n) is 10.1. The molecule has 4 nitrogen and oxygen atoms in total. The Morgan fingerprint density at radius 2 is 2.18 bits per heavy atom. The zero-order chi connectivity index (χ0) is 12.3. The van der Waals surface area contributed by atoms with Crippen molar-refractivity contribution in [3.8, 4) is 0 Å². The predicted octanol–water partition coefficient (Wildman–Crippen LogP) is 1.12. The monoisotopic (exact) mass is 253 g/mol. The highest BCUT2D eigenvalue weighted by Gasteiger charge is 1.96. The zero-order valence-corrected chi connectivity index (χ0v) is 10.9. The van der Waals surface area contributed by atoms with E-state index < -0.39 is 0 Å². The molecule has 0 saturated carbocycles. The summed E-state index contributed by atoms with van der Waals surface area (Å²) >= 11 is 5.14. The van der Waals surface area contributed by atoms with E-state index in [1.54, 1.807) is 13.3 Å². The molecule has 0 aliphatic heterocycles. The molecule has 2 N–H and O–H groups in total. The minimum absolute atomic E-state index is 0.692. The molecule has 0 aliphatic carbocycles. The minimum atomic E-state index is 0.692. The summed E-state index contributed by atoms with van der Waals surface area (Å²) in [5.41, 5.74) is 1.07. The second-order valence-electron chi connectivity index (χ2n) is 3.60. The average molecular weight is 253 g/mol. The smallest absolute Gasteiger partial charge is 0.166 e. The van der Waals surface area contributed by atoms with Crippen LogP contribution in [0.5, 0.6) is 0 Å². The molecule has 94 valence electrons. The first-order chi connectivity index (χ1) is 8.33. The van der Waals surface area contributed by atoms with E-state index in [2.05, 4.69) is 15.6 Å². The lowest BCUT2D eigenvalue weighted by Crippen LogP contribution is -2.37. The lowest BCUT2D eigenvalue weighted by Gasteiger charge is -2.09. The first kappa shape index (κ1) is 13.9. The number of rotatable bonds is 7. The largest absolute Gasteiger partial charge is 0.385 e. The van der Waals surface area contributed by atoms with Crippen molar-refractivity contribution in [2.24, 2.45) is 0 Å². The normalized spacial score (nSPS) is 9.94. The molecule has 0 spiro atoms. The number of thiocarbonyl (C=S) groups is 1. The summed E-state index contributed by atoms with van der Waals surface area (Å²) in [7, 11) is 1.70. The van der Waals surface area contributed by atoms with Crippen LogP contribution in [0.1, 0.15) is 12.1 Å². The number of hydrogen-bond donors (Lipinski definition) is 2. The van der Waals surface area contributed by atoms with Crippen LogP contribution in [0.15, 0.2) is 24.4 Å². The maximum atomic E-state index is 5.14. The van der Waals surface area contributed by atoms with Gasteiger partial charge in [0.25, 0.3) is 0 Å². The molecule has 0 fully saturated rings. The number of nitrogens with zero attached hydrogens (tertiary/aromatic N) is 1. The summed E-state index contributed by atoms with van der Waals surface area (Å²) in [6.45, 7) is 2.39. The van der Waals surface area contributed by atoms with Crippen LogP contribution in [0, 0.1) is 0 Å². The SMILES string of the molecule is COCCCNC(=S)NCCc1ccccn1. The molecule has 1 rings (SSSR count). The summed E-state index contributed by atoms with van der Waals surface area (Å²) in [4.78, 5) is 4.24. The van der Waals surface area contributed by atoms with Gasteiger partial charge in [0.05, 0.1) is 0 Å². The van der Waals surface area contributed by atoms with Gasteiger partial charge in [0, 0.05) is 45.1 Å². The van der Waals surface area contributed by atoms with Gasteiger partial charge in [-0.25, -0.2) is 0 Å². The average Bonchev–Trinajstić information content (AvgIpc) is 2.36. The second-order valence-corrected chi connectivity index (χ2v) is 4.01. The van der Waals surface area contributed by atoms with Gasteiger partial charge >= 0.3 is 0 Å². The highest BCUT2D eigenvalue weighted by molar-refractivity contribution is 7.80. The third-order valence-corrected chi connectivity index (χ3v) is 2.49. The molecule has 17 heavy (non-hydrogen) atoms. The fourth-order valence-electron chi connectivity index (χ4n) is 1.33. The number of aromatic nitrogens is 1. The van der Waals surface area contributed by atoms with Gasteiger partial charge in [-0.1, -0.05) is 6.07 Å². The quantitative estimate of drug-likeness (QED) is 0.563. The molecule has 0 amide bonds. The Labute approximate surface area is 108 Å². The van der Waals surface area contributed by atoms with Crippen molar-refractivity contribution in [2.75, 3.05) is 26.8 Å². The minimum Gasteiger partial charge on any atom is -0.385 e. The van der Waals surface area contributed by atoms with Gasteiger partial charge in [0.1, 0.15) is 0 Å². The number of nitrogens with one attached hydrogen (secondary N) is 2. The van der Waals surface area contributed by atoms with Gasteiger partial charge in [-0.3, -0.25) is 4.98 Å². The van der Waals surface area contributed by atoms with Crippen molar-refractivity contribution in [2.45, 2.75) is 12.8 Å². The molecular formula is C12H19N3OS. The number of methoxy groups -OCH3 is 1. The van der Waals surface area contributed by atoms with Crippen molar-refractivity contribution in [1.82, 2.24) is 15.6 Å². The second kappa shape index (κ2) is 8.90. The van der Waals surface area contributed by atoms with Gasteiger partial charge in [0.2, 0.25) is 0 Å². The lowest BCUT2D eigenvalue weighted by molar-refractivity contribution is 0.195. The van der Waals surface area contributed by atoms with Gasteiger partial charge < -0.3 is 15.4 Å². The van der Waals surface area contributed by atoms with E-state index in [0.29, 0.717) is 5.11 Å². The standard InChI is InChI=1S/C12H19N3OS/c1-16-10-4-8-14-12(17)15-9-6-11-5-2-3-7-13-11/h2-3,5,7H,4,6,8-10H2,1H3,(H2,14,15,17). The summed E-state index contributed by atoms with van der Waals surface area (Å²) in [5.74, 6) is 0. The van der Waals surface area contributed by atoms with Gasteiger partial charge in [-0.2, -0.15) is 0 Å². The Balaban J connectivity index is 2.04. The van der Waals surface area contributed by atoms with Crippen LogP contribution in [0.2, 0.25) is 0 Å². The molecule has 1 heterocycles. The molecule has 0 atom stereocenters. The molecule has 0 radical (unpaired) electrons. The third kappa shape index (κ3) is 6.86. The molecule has 1 aromatic heterocycles. The predicted molar refractivity (Wildman–Crippen MR) is 73.0 cm³/mol. The fourth-order valence-corrected chi connectivity index (χ4v) is 1.54. The Morgan fingerprint density at radius 3 is 2.88 bits per heavy atom.